The van der Waals surface area contributed by atoms with E-state index in [0.29, 0.717) is 0 Å². The van der Waals surface area contributed by atoms with Crippen molar-refractivity contribution in [1.82, 2.24) is 19.7 Å². The smallest absolute Gasteiger partial charge is 0.152 e. The fourth-order valence-electron chi connectivity index (χ4n) is 1.49. The molecule has 0 saturated carbocycles. The predicted molar refractivity (Wildman–Crippen MR) is 67.0 cm³/mol. The Bertz CT molecular complexity index is 478. The highest BCUT2D eigenvalue weighted by molar-refractivity contribution is 5.53. The predicted octanol–water partition coefficient (Wildman–Crippen LogP) is 0.906. The Morgan fingerprint density at radius 3 is 2.82 bits per heavy atom. The van der Waals surface area contributed by atoms with Crippen molar-refractivity contribution in [2.45, 2.75) is 6.42 Å². The van der Waals surface area contributed by atoms with E-state index in [1.165, 1.54) is 0 Å². The van der Waals surface area contributed by atoms with Crippen LogP contribution in [0.4, 0.5) is 11.4 Å². The zero-order valence-electron chi connectivity index (χ0n) is 10.0. The lowest BCUT2D eigenvalue weighted by atomic mass is 10.3. The van der Waals surface area contributed by atoms with Gasteiger partial charge in [-0.25, -0.2) is 4.98 Å². The minimum atomic E-state index is 0.791. The molecule has 0 aromatic carbocycles. The van der Waals surface area contributed by atoms with Crippen LogP contribution >= 0.6 is 0 Å². The van der Waals surface area contributed by atoms with Gasteiger partial charge in [-0.05, 0) is 6.07 Å². The highest BCUT2D eigenvalue weighted by Gasteiger charge is 1.99. The summed E-state index contributed by atoms with van der Waals surface area (Å²) in [5.74, 6) is 0.845. The van der Waals surface area contributed by atoms with Gasteiger partial charge in [-0.1, -0.05) is 0 Å². The van der Waals surface area contributed by atoms with E-state index in [2.05, 4.69) is 25.7 Å². The summed E-state index contributed by atoms with van der Waals surface area (Å²) < 4.78 is 1.71. The first kappa shape index (κ1) is 11.4. The van der Waals surface area contributed by atoms with Gasteiger partial charge >= 0.3 is 0 Å². The van der Waals surface area contributed by atoms with Crippen LogP contribution in [0.3, 0.4) is 0 Å². The lowest BCUT2D eigenvalue weighted by Gasteiger charge is -2.06. The molecule has 2 rings (SSSR count). The fraction of sp³-hybridized carbons (Fsp3) is 0.364. The first-order chi connectivity index (χ1) is 8.28. The summed E-state index contributed by atoms with van der Waals surface area (Å²) >= 11 is 0. The molecule has 2 aromatic rings. The molecule has 90 valence electrons. The molecule has 2 aromatic heterocycles. The number of aromatic nitrogens is 4. The number of rotatable bonds is 5. The highest BCUT2D eigenvalue weighted by atomic mass is 15.3. The van der Waals surface area contributed by atoms with Crippen molar-refractivity contribution >= 4 is 11.4 Å². The number of nitrogens with zero attached hydrogens (tertiary/aromatic N) is 4. The minimum Gasteiger partial charge on any atom is -0.387 e. The van der Waals surface area contributed by atoms with Crippen molar-refractivity contribution in [2.75, 3.05) is 24.2 Å². The minimum absolute atomic E-state index is 0.791. The Morgan fingerprint density at radius 1 is 1.29 bits per heavy atom. The number of anilines is 2. The maximum absolute atomic E-state index is 4.21. The van der Waals surface area contributed by atoms with E-state index in [1.54, 1.807) is 23.4 Å². The quantitative estimate of drug-likeness (QED) is 0.802. The summed E-state index contributed by atoms with van der Waals surface area (Å²) in [5.41, 5.74) is 1.98. The zero-order chi connectivity index (χ0) is 12.1. The first-order valence-electron chi connectivity index (χ1n) is 5.49. The second kappa shape index (κ2) is 5.29. The summed E-state index contributed by atoms with van der Waals surface area (Å²) in [6, 6.07) is 2.01. The molecule has 0 saturated heterocycles. The van der Waals surface area contributed by atoms with Crippen LogP contribution in [-0.4, -0.2) is 33.3 Å². The van der Waals surface area contributed by atoms with Crippen LogP contribution in [0.25, 0.3) is 0 Å². The van der Waals surface area contributed by atoms with Crippen LogP contribution < -0.4 is 10.6 Å². The maximum Gasteiger partial charge on any atom is 0.152 e. The Morgan fingerprint density at radius 2 is 2.12 bits per heavy atom. The summed E-state index contributed by atoms with van der Waals surface area (Å²) in [5, 5.41) is 10.5. The molecule has 2 N–H and O–H groups in total. The molecule has 0 aliphatic heterocycles. The van der Waals surface area contributed by atoms with E-state index < -0.39 is 0 Å². The van der Waals surface area contributed by atoms with E-state index >= 15 is 0 Å². The normalized spacial score (nSPS) is 10.2. The molecule has 0 fully saturated rings. The fourth-order valence-corrected chi connectivity index (χ4v) is 1.49. The molecular weight excluding hydrogens is 216 g/mol. The number of pyridine rings is 1. The second-order valence-corrected chi connectivity index (χ2v) is 3.72. The topological polar surface area (TPSA) is 67.7 Å². The SMILES string of the molecule is CNc1cncc(NCCc2ncn(C)n2)c1. The monoisotopic (exact) mass is 232 g/mol. The Kier molecular flexibility index (Phi) is 3.54. The van der Waals surface area contributed by atoms with Crippen molar-refractivity contribution in [1.29, 1.82) is 0 Å². The van der Waals surface area contributed by atoms with Gasteiger partial charge < -0.3 is 10.6 Å². The van der Waals surface area contributed by atoms with Crippen LogP contribution in [0.1, 0.15) is 5.82 Å². The molecule has 6 heteroatoms. The average molecular weight is 232 g/mol. The molecule has 2 heterocycles. The summed E-state index contributed by atoms with van der Waals surface area (Å²) in [6.07, 6.45) is 6.08. The molecule has 0 aliphatic rings. The third kappa shape index (κ3) is 3.17. The van der Waals surface area contributed by atoms with Crippen LogP contribution in [0, 0.1) is 0 Å². The lowest BCUT2D eigenvalue weighted by Crippen LogP contribution is -2.07. The van der Waals surface area contributed by atoms with Crippen LogP contribution in [0.15, 0.2) is 24.8 Å². The van der Waals surface area contributed by atoms with Crippen molar-refractivity contribution < 1.29 is 0 Å². The van der Waals surface area contributed by atoms with Crippen molar-refractivity contribution in [3.8, 4) is 0 Å². The molecule has 0 spiro atoms. The van der Waals surface area contributed by atoms with Gasteiger partial charge in [0.1, 0.15) is 6.33 Å². The van der Waals surface area contributed by atoms with E-state index in [4.69, 9.17) is 0 Å². The maximum atomic E-state index is 4.21. The third-order valence-electron chi connectivity index (χ3n) is 2.35. The van der Waals surface area contributed by atoms with E-state index in [0.717, 1.165) is 30.2 Å². The van der Waals surface area contributed by atoms with Crippen molar-refractivity contribution in [3.63, 3.8) is 0 Å². The van der Waals surface area contributed by atoms with Gasteiger partial charge in [0.2, 0.25) is 0 Å². The van der Waals surface area contributed by atoms with Gasteiger partial charge in [0.25, 0.3) is 0 Å². The highest BCUT2D eigenvalue weighted by Crippen LogP contribution is 2.11. The summed E-state index contributed by atoms with van der Waals surface area (Å²) in [6.45, 7) is 0.791. The molecule has 6 nitrogen and oxygen atoms in total. The lowest BCUT2D eigenvalue weighted by molar-refractivity contribution is 0.742. The Labute approximate surface area is 100 Å². The number of hydrogen-bond donors (Lipinski definition) is 2. The van der Waals surface area contributed by atoms with Gasteiger partial charge in [0.15, 0.2) is 5.82 Å². The average Bonchev–Trinajstić information content (AvgIpc) is 2.75. The van der Waals surface area contributed by atoms with Crippen molar-refractivity contribution in [2.24, 2.45) is 7.05 Å². The number of hydrogen-bond acceptors (Lipinski definition) is 5. The second-order valence-electron chi connectivity index (χ2n) is 3.72. The summed E-state index contributed by atoms with van der Waals surface area (Å²) in [4.78, 5) is 8.29. The van der Waals surface area contributed by atoms with Gasteiger partial charge in [0, 0.05) is 27.1 Å². The third-order valence-corrected chi connectivity index (χ3v) is 2.35. The van der Waals surface area contributed by atoms with E-state index in [1.807, 2.05) is 20.2 Å². The molecule has 0 atom stereocenters. The molecule has 0 amide bonds. The van der Waals surface area contributed by atoms with Crippen LogP contribution in [0.2, 0.25) is 0 Å². The van der Waals surface area contributed by atoms with Crippen molar-refractivity contribution in [3.05, 3.63) is 30.6 Å². The number of aryl methyl sites for hydroxylation is 1. The van der Waals surface area contributed by atoms with Gasteiger partial charge in [-0.15, -0.1) is 0 Å². The Balaban J connectivity index is 1.85. The van der Waals surface area contributed by atoms with Crippen LogP contribution in [-0.2, 0) is 13.5 Å². The molecular formula is C11H16N6. The summed E-state index contributed by atoms with van der Waals surface area (Å²) in [7, 11) is 3.74. The molecule has 0 bridgehead atoms. The standard InChI is InChI=1S/C11H16N6/c1-12-9-5-10(7-13-6-9)14-4-3-11-15-8-17(2)16-11/h5-8,12,14H,3-4H2,1-2H3. The molecule has 17 heavy (non-hydrogen) atoms. The van der Waals surface area contributed by atoms with Gasteiger partial charge in [0.05, 0.1) is 23.8 Å². The molecule has 0 aliphatic carbocycles. The van der Waals surface area contributed by atoms with E-state index in [-0.39, 0.29) is 0 Å². The van der Waals surface area contributed by atoms with Gasteiger partial charge in [-0.2, -0.15) is 5.10 Å². The van der Waals surface area contributed by atoms with Crippen LogP contribution in [0.5, 0.6) is 0 Å². The molecule has 0 unspecified atom stereocenters. The van der Waals surface area contributed by atoms with E-state index in [9.17, 15) is 0 Å². The Hall–Kier alpha value is -2.11. The largest absolute Gasteiger partial charge is 0.387 e. The zero-order valence-corrected chi connectivity index (χ0v) is 10.0. The number of nitrogens with one attached hydrogen (secondary N) is 2. The van der Waals surface area contributed by atoms with Gasteiger partial charge in [-0.3, -0.25) is 9.67 Å². The molecule has 0 radical (unpaired) electrons. The first-order valence-corrected chi connectivity index (χ1v) is 5.49.